The average Bonchev–Trinajstić information content (AvgIpc) is 3.12. The summed E-state index contributed by atoms with van der Waals surface area (Å²) in [7, 11) is 0. The Morgan fingerprint density at radius 1 is 0.968 bits per heavy atom. The minimum atomic E-state index is -0.328. The van der Waals surface area contributed by atoms with Gasteiger partial charge < -0.3 is 4.57 Å². The van der Waals surface area contributed by atoms with E-state index in [-0.39, 0.29) is 17.7 Å². The van der Waals surface area contributed by atoms with Crippen LogP contribution in [0.2, 0.25) is 15.1 Å². The summed E-state index contributed by atoms with van der Waals surface area (Å²) in [6.45, 7) is 4.05. The molecule has 1 saturated heterocycles. The molecule has 2 aromatic carbocycles. The van der Waals surface area contributed by atoms with E-state index >= 15 is 0 Å². The maximum Gasteiger partial charge on any atom is 0.293 e. The minimum Gasteiger partial charge on any atom is -0.318 e. The van der Waals surface area contributed by atoms with Crippen LogP contribution in [-0.4, -0.2) is 20.6 Å². The number of benzene rings is 2. The lowest BCUT2D eigenvalue weighted by atomic mass is 10.2. The lowest BCUT2D eigenvalue weighted by Crippen LogP contribution is -2.27. The number of hydrogen-bond donors (Lipinski definition) is 0. The van der Waals surface area contributed by atoms with Crippen molar-refractivity contribution in [2.75, 3.05) is 0 Å². The second-order valence-corrected chi connectivity index (χ2v) is 9.42. The molecule has 1 aliphatic rings. The Hall–Kier alpha value is -2.18. The maximum absolute atomic E-state index is 12.9. The van der Waals surface area contributed by atoms with E-state index in [4.69, 9.17) is 34.8 Å². The fourth-order valence-corrected chi connectivity index (χ4v) is 5.11. The first-order valence-corrected chi connectivity index (χ1v) is 11.3. The Balaban J connectivity index is 1.66. The molecular weight excluding hydrogens is 475 g/mol. The van der Waals surface area contributed by atoms with Gasteiger partial charge in [-0.25, -0.2) is 0 Å². The van der Waals surface area contributed by atoms with Gasteiger partial charge in [-0.15, -0.1) is 0 Å². The van der Waals surface area contributed by atoms with Crippen LogP contribution in [-0.2, 0) is 11.3 Å². The number of amides is 2. The third-order valence-electron chi connectivity index (χ3n) is 5.02. The number of halogens is 3. The first-order valence-electron chi connectivity index (χ1n) is 9.39. The van der Waals surface area contributed by atoms with Crippen molar-refractivity contribution >= 4 is 63.8 Å². The van der Waals surface area contributed by atoms with Crippen LogP contribution in [0.3, 0.4) is 0 Å². The van der Waals surface area contributed by atoms with Gasteiger partial charge in [0, 0.05) is 32.1 Å². The molecule has 1 aliphatic heterocycles. The van der Waals surface area contributed by atoms with Crippen LogP contribution in [0.1, 0.15) is 22.5 Å². The van der Waals surface area contributed by atoms with E-state index in [0.717, 1.165) is 40.0 Å². The van der Waals surface area contributed by atoms with Gasteiger partial charge in [-0.1, -0.05) is 53.0 Å². The lowest BCUT2D eigenvalue weighted by Gasteiger charge is -2.13. The van der Waals surface area contributed by atoms with Crippen molar-refractivity contribution in [2.24, 2.45) is 0 Å². The van der Waals surface area contributed by atoms with E-state index in [1.54, 1.807) is 24.3 Å². The van der Waals surface area contributed by atoms with Crippen molar-refractivity contribution in [3.05, 3.63) is 91.0 Å². The van der Waals surface area contributed by atoms with Gasteiger partial charge in [-0.3, -0.25) is 14.5 Å². The lowest BCUT2D eigenvalue weighted by molar-refractivity contribution is -0.123. The summed E-state index contributed by atoms with van der Waals surface area (Å²) in [6, 6.07) is 14.5. The molecular formula is C23H17Cl3N2O2S. The summed E-state index contributed by atoms with van der Waals surface area (Å²) in [5.74, 6) is -0.328. The molecule has 0 aliphatic carbocycles. The quantitative estimate of drug-likeness (QED) is 0.360. The number of carbonyl (C=O) groups is 2. The zero-order chi connectivity index (χ0) is 22.3. The number of aromatic nitrogens is 1. The highest BCUT2D eigenvalue weighted by molar-refractivity contribution is 8.18. The number of imide groups is 1. The van der Waals surface area contributed by atoms with Crippen molar-refractivity contribution in [3.8, 4) is 5.69 Å². The number of rotatable bonds is 4. The molecule has 158 valence electrons. The van der Waals surface area contributed by atoms with Crippen LogP contribution >= 0.6 is 46.6 Å². The summed E-state index contributed by atoms with van der Waals surface area (Å²) in [4.78, 5) is 27.0. The van der Waals surface area contributed by atoms with Gasteiger partial charge in [0.05, 0.1) is 11.4 Å². The molecule has 1 aromatic heterocycles. The fraction of sp³-hybridized carbons (Fsp3) is 0.130. The summed E-state index contributed by atoms with van der Waals surface area (Å²) in [6.07, 6.45) is 1.75. The summed E-state index contributed by atoms with van der Waals surface area (Å²) < 4.78 is 2.01. The largest absolute Gasteiger partial charge is 0.318 e. The van der Waals surface area contributed by atoms with Crippen LogP contribution in [0.4, 0.5) is 4.79 Å². The molecule has 0 unspecified atom stereocenters. The molecule has 8 heteroatoms. The first kappa shape index (κ1) is 22.0. The highest BCUT2D eigenvalue weighted by Gasteiger charge is 2.35. The fourth-order valence-electron chi connectivity index (χ4n) is 3.57. The average molecular weight is 492 g/mol. The van der Waals surface area contributed by atoms with Crippen LogP contribution in [0.25, 0.3) is 11.8 Å². The first-order chi connectivity index (χ1) is 14.7. The number of carbonyl (C=O) groups excluding carboxylic acids is 2. The molecule has 0 atom stereocenters. The number of thioether (sulfide) groups is 1. The van der Waals surface area contributed by atoms with Gasteiger partial charge in [0.25, 0.3) is 11.1 Å². The van der Waals surface area contributed by atoms with E-state index in [0.29, 0.717) is 20.0 Å². The van der Waals surface area contributed by atoms with Crippen molar-refractivity contribution in [1.82, 2.24) is 9.47 Å². The second kappa shape index (κ2) is 8.75. The molecule has 0 spiro atoms. The molecule has 3 aromatic rings. The zero-order valence-corrected chi connectivity index (χ0v) is 19.7. The summed E-state index contributed by atoms with van der Waals surface area (Å²) in [5.41, 5.74) is 4.27. The molecule has 4 rings (SSSR count). The van der Waals surface area contributed by atoms with E-state index < -0.39 is 0 Å². The van der Waals surface area contributed by atoms with E-state index in [1.807, 2.05) is 48.7 Å². The third-order valence-corrected chi connectivity index (χ3v) is 6.73. The summed E-state index contributed by atoms with van der Waals surface area (Å²) >= 11 is 19.5. The Bertz CT molecular complexity index is 1230. The van der Waals surface area contributed by atoms with E-state index in [2.05, 4.69) is 0 Å². The highest BCUT2D eigenvalue weighted by Crippen LogP contribution is 2.35. The molecule has 0 bridgehead atoms. The van der Waals surface area contributed by atoms with Crippen molar-refractivity contribution in [3.63, 3.8) is 0 Å². The standard InChI is InChI=1S/C23H17Cl3N2O2S/c1-13-7-16(14(2)28(13)19-10-17(24)9-18(25)11-19)8-21-22(29)27(23(30)31-21)12-15-5-3-4-6-20(15)26/h3-11H,12H2,1-2H3/b21-8-. The molecule has 4 nitrogen and oxygen atoms in total. The Kier molecular flexibility index (Phi) is 6.22. The molecule has 0 saturated carbocycles. The van der Waals surface area contributed by atoms with E-state index in [1.165, 1.54) is 4.90 Å². The van der Waals surface area contributed by atoms with Gasteiger partial charge in [0.2, 0.25) is 0 Å². The third kappa shape index (κ3) is 4.41. The van der Waals surface area contributed by atoms with Crippen molar-refractivity contribution < 1.29 is 9.59 Å². The second-order valence-electron chi connectivity index (χ2n) is 7.15. The molecule has 0 N–H and O–H groups in total. The molecule has 1 fully saturated rings. The van der Waals surface area contributed by atoms with Gasteiger partial charge >= 0.3 is 0 Å². The smallest absolute Gasteiger partial charge is 0.293 e. The number of nitrogens with zero attached hydrogens (tertiary/aromatic N) is 2. The van der Waals surface area contributed by atoms with Crippen molar-refractivity contribution in [2.45, 2.75) is 20.4 Å². The molecule has 2 heterocycles. The number of aryl methyl sites for hydroxylation is 1. The summed E-state index contributed by atoms with van der Waals surface area (Å²) in [5, 5.41) is 1.29. The molecule has 2 amide bonds. The monoisotopic (exact) mass is 490 g/mol. The van der Waals surface area contributed by atoms with E-state index in [9.17, 15) is 9.59 Å². The normalized spacial score (nSPS) is 15.4. The highest BCUT2D eigenvalue weighted by atomic mass is 35.5. The van der Waals surface area contributed by atoms with Gasteiger partial charge in [0.15, 0.2) is 0 Å². The van der Waals surface area contributed by atoms with Crippen LogP contribution in [0.15, 0.2) is 53.4 Å². The maximum atomic E-state index is 12.9. The Morgan fingerprint density at radius 2 is 1.65 bits per heavy atom. The van der Waals surface area contributed by atoms with Gasteiger partial charge in [-0.05, 0) is 73.1 Å². The van der Waals surface area contributed by atoms with Crippen LogP contribution in [0, 0.1) is 13.8 Å². The topological polar surface area (TPSA) is 42.3 Å². The van der Waals surface area contributed by atoms with Gasteiger partial charge in [0.1, 0.15) is 0 Å². The zero-order valence-electron chi connectivity index (χ0n) is 16.7. The minimum absolute atomic E-state index is 0.141. The SMILES string of the molecule is Cc1cc(/C=C2\SC(=O)N(Cc3ccccc3Cl)C2=O)c(C)n1-c1cc(Cl)cc(Cl)c1. The Morgan fingerprint density at radius 3 is 2.32 bits per heavy atom. The van der Waals surface area contributed by atoms with Crippen LogP contribution in [0.5, 0.6) is 0 Å². The van der Waals surface area contributed by atoms with Crippen molar-refractivity contribution in [1.29, 1.82) is 0 Å². The predicted molar refractivity (Wildman–Crippen MR) is 128 cm³/mol. The number of hydrogen-bond acceptors (Lipinski definition) is 3. The molecule has 0 radical (unpaired) electrons. The van der Waals surface area contributed by atoms with Gasteiger partial charge in [-0.2, -0.15) is 0 Å². The predicted octanol–water partition coefficient (Wildman–Crippen LogP) is 7.29. The van der Waals surface area contributed by atoms with Crippen LogP contribution < -0.4 is 0 Å². The molecule has 31 heavy (non-hydrogen) atoms. The Labute approximate surface area is 199 Å².